The van der Waals surface area contributed by atoms with Gasteiger partial charge in [-0.05, 0) is 50.9 Å². The molecule has 0 amide bonds. The van der Waals surface area contributed by atoms with E-state index in [1.807, 2.05) is 16.8 Å². The Balaban J connectivity index is 2.34. The zero-order valence-corrected chi connectivity index (χ0v) is 14.5. The fourth-order valence-electron chi connectivity index (χ4n) is 1.81. The van der Waals surface area contributed by atoms with Gasteiger partial charge in [0.25, 0.3) is 0 Å². The molecular formula is C13H16Br2N4O. The Morgan fingerprint density at radius 1 is 1.30 bits per heavy atom. The van der Waals surface area contributed by atoms with Crippen molar-refractivity contribution in [2.24, 2.45) is 0 Å². The van der Waals surface area contributed by atoms with Crippen molar-refractivity contribution in [1.29, 1.82) is 0 Å². The highest BCUT2D eigenvalue weighted by atomic mass is 79.9. The van der Waals surface area contributed by atoms with Crippen molar-refractivity contribution in [1.82, 2.24) is 20.3 Å². The van der Waals surface area contributed by atoms with E-state index in [0.29, 0.717) is 0 Å². The third-order valence-corrected chi connectivity index (χ3v) is 4.06. The van der Waals surface area contributed by atoms with E-state index < -0.39 is 0 Å². The van der Waals surface area contributed by atoms with Gasteiger partial charge >= 0.3 is 0 Å². The number of rotatable bonds is 6. The summed E-state index contributed by atoms with van der Waals surface area (Å²) < 4.78 is 8.95. The first-order valence-corrected chi connectivity index (χ1v) is 7.89. The molecule has 0 saturated heterocycles. The second-order valence-electron chi connectivity index (χ2n) is 4.25. The van der Waals surface area contributed by atoms with Crippen LogP contribution >= 0.6 is 31.9 Å². The largest absolute Gasteiger partial charge is 0.495 e. The van der Waals surface area contributed by atoms with E-state index in [4.69, 9.17) is 4.74 Å². The molecule has 0 bridgehead atoms. The molecule has 0 radical (unpaired) electrons. The normalized spacial score (nSPS) is 10.8. The average molecular weight is 404 g/mol. The molecule has 108 valence electrons. The highest BCUT2D eigenvalue weighted by Crippen LogP contribution is 2.33. The van der Waals surface area contributed by atoms with Crippen molar-refractivity contribution in [3.05, 3.63) is 33.0 Å². The van der Waals surface area contributed by atoms with E-state index in [2.05, 4.69) is 54.4 Å². The number of halogens is 2. The molecule has 0 atom stereocenters. The van der Waals surface area contributed by atoms with Gasteiger partial charge in [0.15, 0.2) is 0 Å². The lowest BCUT2D eigenvalue weighted by Crippen LogP contribution is -2.17. The highest BCUT2D eigenvalue weighted by molar-refractivity contribution is 9.11. The molecule has 0 aliphatic heterocycles. The summed E-state index contributed by atoms with van der Waals surface area (Å²) in [5.41, 5.74) is 1.90. The van der Waals surface area contributed by atoms with Crippen LogP contribution in [0.5, 0.6) is 5.75 Å². The van der Waals surface area contributed by atoms with Crippen LogP contribution in [-0.2, 0) is 6.54 Å². The Kier molecular flexibility index (Phi) is 5.56. The van der Waals surface area contributed by atoms with E-state index in [0.717, 1.165) is 45.6 Å². The molecule has 0 unspecified atom stereocenters. The predicted molar refractivity (Wildman–Crippen MR) is 85.3 cm³/mol. The topological polar surface area (TPSA) is 52.0 Å². The van der Waals surface area contributed by atoms with Gasteiger partial charge in [0.2, 0.25) is 0 Å². The number of hydrogen-bond acceptors (Lipinski definition) is 4. The first-order chi connectivity index (χ1) is 9.67. The van der Waals surface area contributed by atoms with Crippen LogP contribution in [0.25, 0.3) is 5.69 Å². The Labute approximate surface area is 135 Å². The molecule has 5 nitrogen and oxygen atoms in total. The summed E-state index contributed by atoms with van der Waals surface area (Å²) in [6.07, 6.45) is 2.86. The predicted octanol–water partition coefficient (Wildman–Crippen LogP) is 3.30. The number of hydrogen-bond donors (Lipinski definition) is 1. The van der Waals surface area contributed by atoms with Crippen molar-refractivity contribution < 1.29 is 4.74 Å². The summed E-state index contributed by atoms with van der Waals surface area (Å²) in [6, 6.07) is 3.87. The van der Waals surface area contributed by atoms with Gasteiger partial charge in [-0.15, -0.1) is 5.10 Å². The number of ether oxygens (including phenoxy) is 1. The number of methoxy groups -OCH3 is 1. The van der Waals surface area contributed by atoms with Crippen molar-refractivity contribution in [3.63, 3.8) is 0 Å². The van der Waals surface area contributed by atoms with Crippen LogP contribution in [0.1, 0.15) is 19.0 Å². The average Bonchev–Trinajstić information content (AvgIpc) is 2.87. The molecule has 0 fully saturated rings. The van der Waals surface area contributed by atoms with Crippen molar-refractivity contribution >= 4 is 31.9 Å². The Morgan fingerprint density at radius 2 is 2.10 bits per heavy atom. The van der Waals surface area contributed by atoms with Crippen LogP contribution in [0, 0.1) is 0 Å². The zero-order valence-electron chi connectivity index (χ0n) is 11.4. The molecule has 0 aliphatic carbocycles. The quantitative estimate of drug-likeness (QED) is 0.751. The van der Waals surface area contributed by atoms with E-state index in [1.54, 1.807) is 13.3 Å². The molecule has 2 aromatic rings. The van der Waals surface area contributed by atoms with Crippen molar-refractivity contribution in [3.8, 4) is 11.4 Å². The molecule has 1 heterocycles. The molecule has 20 heavy (non-hydrogen) atoms. The Morgan fingerprint density at radius 3 is 2.80 bits per heavy atom. The smallest absolute Gasteiger partial charge is 0.135 e. The van der Waals surface area contributed by atoms with Crippen molar-refractivity contribution in [2.75, 3.05) is 13.7 Å². The molecular weight excluding hydrogens is 388 g/mol. The van der Waals surface area contributed by atoms with Gasteiger partial charge in [-0.3, -0.25) is 0 Å². The molecule has 7 heteroatoms. The molecule has 2 rings (SSSR count). The van der Waals surface area contributed by atoms with Crippen LogP contribution in [-0.4, -0.2) is 28.6 Å². The lowest BCUT2D eigenvalue weighted by molar-refractivity contribution is 0.411. The molecule has 1 aromatic heterocycles. The van der Waals surface area contributed by atoms with Crippen LogP contribution < -0.4 is 10.1 Å². The van der Waals surface area contributed by atoms with Gasteiger partial charge in [0, 0.05) is 17.1 Å². The van der Waals surface area contributed by atoms with Gasteiger partial charge < -0.3 is 10.1 Å². The number of aromatic nitrogens is 3. The second-order valence-corrected chi connectivity index (χ2v) is 5.96. The van der Waals surface area contributed by atoms with Gasteiger partial charge in [-0.1, -0.05) is 12.1 Å². The number of benzene rings is 1. The SMILES string of the molecule is CCCNCc1cnnn1-c1cc(OC)c(Br)cc1Br. The number of nitrogens with one attached hydrogen (secondary N) is 1. The van der Waals surface area contributed by atoms with E-state index in [1.165, 1.54) is 0 Å². The zero-order chi connectivity index (χ0) is 14.5. The fraction of sp³-hybridized carbons (Fsp3) is 0.385. The van der Waals surface area contributed by atoms with Crippen LogP contribution in [0.4, 0.5) is 0 Å². The summed E-state index contributed by atoms with van der Waals surface area (Å²) in [6.45, 7) is 3.83. The maximum Gasteiger partial charge on any atom is 0.135 e. The summed E-state index contributed by atoms with van der Waals surface area (Å²) >= 11 is 7.02. The van der Waals surface area contributed by atoms with Crippen LogP contribution in [0.3, 0.4) is 0 Å². The van der Waals surface area contributed by atoms with Crippen molar-refractivity contribution in [2.45, 2.75) is 19.9 Å². The van der Waals surface area contributed by atoms with E-state index in [9.17, 15) is 0 Å². The standard InChI is InChI=1S/C13H16Br2N4O/c1-3-4-16-7-9-8-17-18-19(9)12-6-13(20-2)11(15)5-10(12)14/h5-6,8,16H,3-4,7H2,1-2H3. The van der Waals surface area contributed by atoms with Gasteiger partial charge in [0.05, 0.1) is 29.2 Å². The summed E-state index contributed by atoms with van der Waals surface area (Å²) in [7, 11) is 1.64. The first kappa shape index (κ1) is 15.5. The molecule has 0 spiro atoms. The highest BCUT2D eigenvalue weighted by Gasteiger charge is 2.13. The summed E-state index contributed by atoms with van der Waals surface area (Å²) in [5.74, 6) is 0.756. The minimum Gasteiger partial charge on any atom is -0.495 e. The minimum absolute atomic E-state index is 0.728. The summed E-state index contributed by atoms with van der Waals surface area (Å²) in [4.78, 5) is 0. The monoisotopic (exact) mass is 402 g/mol. The van der Waals surface area contributed by atoms with Gasteiger partial charge in [-0.2, -0.15) is 0 Å². The molecule has 0 saturated carbocycles. The third-order valence-electron chi connectivity index (χ3n) is 2.80. The lowest BCUT2D eigenvalue weighted by atomic mass is 10.3. The van der Waals surface area contributed by atoms with Crippen LogP contribution in [0.15, 0.2) is 27.3 Å². The van der Waals surface area contributed by atoms with Gasteiger partial charge in [-0.25, -0.2) is 4.68 Å². The molecule has 1 aromatic carbocycles. The van der Waals surface area contributed by atoms with E-state index >= 15 is 0 Å². The maximum atomic E-state index is 5.33. The molecule has 0 aliphatic rings. The lowest BCUT2D eigenvalue weighted by Gasteiger charge is -2.12. The Hall–Kier alpha value is -0.920. The maximum absolute atomic E-state index is 5.33. The number of nitrogens with zero attached hydrogens (tertiary/aromatic N) is 3. The molecule has 1 N–H and O–H groups in total. The first-order valence-electron chi connectivity index (χ1n) is 6.31. The minimum atomic E-state index is 0.728. The van der Waals surface area contributed by atoms with Crippen LogP contribution in [0.2, 0.25) is 0 Å². The summed E-state index contributed by atoms with van der Waals surface area (Å²) in [5, 5.41) is 11.5. The third kappa shape index (κ3) is 3.39. The van der Waals surface area contributed by atoms with E-state index in [-0.39, 0.29) is 0 Å². The fourth-order valence-corrected chi connectivity index (χ4v) is 3.13. The Bertz CT molecular complexity index is 586. The second kappa shape index (κ2) is 7.19. The van der Waals surface area contributed by atoms with Gasteiger partial charge in [0.1, 0.15) is 5.75 Å².